The smallest absolute Gasteiger partial charge is 0.416 e. The number of Topliss-reactive ketones (excluding diaryl/α,β-unsaturated/α-hetero) is 1. The number of pyridine rings is 1. The van der Waals surface area contributed by atoms with E-state index in [0.717, 1.165) is 17.0 Å². The molecule has 0 bridgehead atoms. The summed E-state index contributed by atoms with van der Waals surface area (Å²) in [5.41, 5.74) is 0.539. The van der Waals surface area contributed by atoms with Crippen molar-refractivity contribution < 1.29 is 32.6 Å². The number of alkyl halides is 3. The summed E-state index contributed by atoms with van der Waals surface area (Å²) >= 11 is 0. The van der Waals surface area contributed by atoms with Gasteiger partial charge >= 0.3 is 6.18 Å². The lowest BCUT2D eigenvalue weighted by Gasteiger charge is -2.25. The molecule has 2 heterocycles. The van der Waals surface area contributed by atoms with Crippen molar-refractivity contribution >= 4 is 17.4 Å². The van der Waals surface area contributed by atoms with E-state index in [1.54, 1.807) is 37.3 Å². The molecular weight excluding hydrogens is 461 g/mol. The van der Waals surface area contributed by atoms with Crippen molar-refractivity contribution in [2.24, 2.45) is 0 Å². The fourth-order valence-corrected chi connectivity index (χ4v) is 4.14. The van der Waals surface area contributed by atoms with Gasteiger partial charge in [-0.1, -0.05) is 18.2 Å². The first-order valence-electron chi connectivity index (χ1n) is 10.6. The number of nitrogens with zero attached hydrogens (tertiary/aromatic N) is 2. The predicted molar refractivity (Wildman–Crippen MR) is 121 cm³/mol. The third-order valence-corrected chi connectivity index (χ3v) is 5.84. The van der Waals surface area contributed by atoms with Gasteiger partial charge in [-0.15, -0.1) is 0 Å². The van der Waals surface area contributed by atoms with Gasteiger partial charge < -0.3 is 14.7 Å². The highest BCUT2D eigenvalue weighted by Gasteiger charge is 2.46. The van der Waals surface area contributed by atoms with Crippen LogP contribution in [0.25, 0.3) is 5.76 Å². The molecule has 1 aromatic heterocycles. The number of ether oxygens (including phenoxy) is 1. The number of likely N-dealkylation sites (tertiary alicyclic amines) is 1. The summed E-state index contributed by atoms with van der Waals surface area (Å²) in [7, 11) is 1.50. The molecule has 1 aliphatic rings. The molecule has 1 saturated heterocycles. The Morgan fingerprint density at radius 3 is 2.51 bits per heavy atom. The van der Waals surface area contributed by atoms with Crippen molar-refractivity contribution in [2.45, 2.75) is 25.7 Å². The molecule has 0 radical (unpaired) electrons. The van der Waals surface area contributed by atoms with E-state index in [4.69, 9.17) is 4.74 Å². The van der Waals surface area contributed by atoms with Gasteiger partial charge in [-0.05, 0) is 60.0 Å². The number of aliphatic hydroxyl groups excluding tert-OH is 1. The average molecular weight is 482 g/mol. The number of methoxy groups -OCH3 is 1. The van der Waals surface area contributed by atoms with E-state index >= 15 is 0 Å². The second-order valence-corrected chi connectivity index (χ2v) is 8.09. The molecule has 180 valence electrons. The molecule has 0 aliphatic carbocycles. The fourth-order valence-electron chi connectivity index (χ4n) is 4.14. The minimum atomic E-state index is -4.56. The molecule has 0 saturated carbocycles. The predicted octanol–water partition coefficient (Wildman–Crippen LogP) is 5.04. The lowest BCUT2D eigenvalue weighted by Crippen LogP contribution is -2.29. The van der Waals surface area contributed by atoms with Crippen molar-refractivity contribution in [1.82, 2.24) is 9.88 Å². The lowest BCUT2D eigenvalue weighted by atomic mass is 9.94. The number of carbonyl (C=O) groups is 2. The molecular formula is C26H21F3N2O4. The Morgan fingerprint density at radius 2 is 1.89 bits per heavy atom. The SMILES string of the molecule is COc1ccc(/C(O)=C2/C(=O)C(=O)N(Cc3cccc(C(F)(F)F)c3)C2c2cccnc2)c(C)c1. The van der Waals surface area contributed by atoms with Crippen LogP contribution in [0.1, 0.15) is 33.9 Å². The molecule has 1 aliphatic heterocycles. The molecule has 9 heteroatoms. The Bertz CT molecular complexity index is 1320. The van der Waals surface area contributed by atoms with Crippen molar-refractivity contribution in [1.29, 1.82) is 0 Å². The number of aryl methyl sites for hydroxylation is 1. The molecule has 1 fully saturated rings. The second-order valence-electron chi connectivity index (χ2n) is 8.09. The van der Waals surface area contributed by atoms with Crippen LogP contribution in [0.5, 0.6) is 5.75 Å². The van der Waals surface area contributed by atoms with E-state index in [0.29, 0.717) is 22.4 Å². The van der Waals surface area contributed by atoms with E-state index in [-0.39, 0.29) is 23.4 Å². The van der Waals surface area contributed by atoms with E-state index in [1.807, 2.05) is 0 Å². The minimum absolute atomic E-state index is 0.164. The van der Waals surface area contributed by atoms with Gasteiger partial charge in [0, 0.05) is 24.5 Å². The number of aliphatic hydroxyl groups is 1. The normalized spacial score (nSPS) is 17.6. The van der Waals surface area contributed by atoms with Crippen LogP contribution in [0.2, 0.25) is 0 Å². The molecule has 4 rings (SSSR count). The van der Waals surface area contributed by atoms with E-state index < -0.39 is 29.5 Å². The van der Waals surface area contributed by atoms with Crippen molar-refractivity contribution in [3.8, 4) is 5.75 Å². The van der Waals surface area contributed by atoms with E-state index in [2.05, 4.69) is 4.98 Å². The molecule has 1 unspecified atom stereocenters. The van der Waals surface area contributed by atoms with Crippen molar-refractivity contribution in [3.63, 3.8) is 0 Å². The molecule has 0 spiro atoms. The number of carbonyl (C=O) groups excluding carboxylic acids is 2. The Morgan fingerprint density at radius 1 is 1.11 bits per heavy atom. The fraction of sp³-hybridized carbons (Fsp3) is 0.192. The standard InChI is InChI=1S/C26H21F3N2O4/c1-15-11-19(35-2)8-9-20(15)23(32)21-22(17-6-4-10-30-13-17)31(25(34)24(21)33)14-16-5-3-7-18(12-16)26(27,28)29/h3-13,22,32H,14H2,1-2H3/b23-21-. The summed E-state index contributed by atoms with van der Waals surface area (Å²) in [6, 6.07) is 11.6. The summed E-state index contributed by atoms with van der Waals surface area (Å²) in [4.78, 5) is 31.4. The molecule has 1 atom stereocenters. The topological polar surface area (TPSA) is 79.7 Å². The van der Waals surface area contributed by atoms with Gasteiger partial charge in [0.25, 0.3) is 11.7 Å². The highest BCUT2D eigenvalue weighted by atomic mass is 19.4. The van der Waals surface area contributed by atoms with Crippen LogP contribution >= 0.6 is 0 Å². The maximum atomic E-state index is 13.2. The van der Waals surface area contributed by atoms with Crippen LogP contribution in [0.4, 0.5) is 13.2 Å². The van der Waals surface area contributed by atoms with Gasteiger partial charge in [-0.25, -0.2) is 0 Å². The lowest BCUT2D eigenvalue weighted by molar-refractivity contribution is -0.140. The first kappa shape index (κ1) is 24.0. The Labute approximate surface area is 199 Å². The number of amides is 1. The van der Waals surface area contributed by atoms with Crippen LogP contribution in [0.15, 0.2) is 72.6 Å². The maximum Gasteiger partial charge on any atom is 0.416 e. The third-order valence-electron chi connectivity index (χ3n) is 5.84. The van der Waals surface area contributed by atoms with Gasteiger partial charge in [-0.2, -0.15) is 13.2 Å². The number of hydrogen-bond donors (Lipinski definition) is 1. The Hall–Kier alpha value is -4.14. The zero-order chi connectivity index (χ0) is 25.3. The number of ketones is 1. The summed E-state index contributed by atoms with van der Waals surface area (Å²) < 4.78 is 44.8. The largest absolute Gasteiger partial charge is 0.507 e. The number of hydrogen-bond acceptors (Lipinski definition) is 5. The first-order chi connectivity index (χ1) is 16.6. The van der Waals surface area contributed by atoms with Gasteiger partial charge in [0.15, 0.2) is 0 Å². The van der Waals surface area contributed by atoms with Crippen LogP contribution in [-0.4, -0.2) is 33.8 Å². The van der Waals surface area contributed by atoms with Crippen LogP contribution in [0.3, 0.4) is 0 Å². The van der Waals surface area contributed by atoms with Crippen molar-refractivity contribution in [3.05, 3.63) is 100 Å². The van der Waals surface area contributed by atoms with Gasteiger partial charge in [-0.3, -0.25) is 14.6 Å². The highest BCUT2D eigenvalue weighted by Crippen LogP contribution is 2.41. The quantitative estimate of drug-likeness (QED) is 0.313. The van der Waals surface area contributed by atoms with E-state index in [1.165, 1.54) is 31.6 Å². The summed E-state index contributed by atoms with van der Waals surface area (Å²) in [5.74, 6) is -1.70. The number of aromatic nitrogens is 1. The summed E-state index contributed by atoms with van der Waals surface area (Å²) in [5, 5.41) is 11.2. The molecule has 2 aromatic carbocycles. The van der Waals surface area contributed by atoms with Crippen LogP contribution in [0, 0.1) is 6.92 Å². The average Bonchev–Trinajstić information content (AvgIpc) is 3.08. The Balaban J connectivity index is 1.84. The minimum Gasteiger partial charge on any atom is -0.507 e. The highest BCUT2D eigenvalue weighted by molar-refractivity contribution is 6.46. The van der Waals surface area contributed by atoms with E-state index in [9.17, 15) is 27.9 Å². The van der Waals surface area contributed by atoms with Gasteiger partial charge in [0.05, 0.1) is 24.3 Å². The molecule has 3 aromatic rings. The molecule has 6 nitrogen and oxygen atoms in total. The third kappa shape index (κ3) is 4.62. The zero-order valence-corrected chi connectivity index (χ0v) is 18.8. The van der Waals surface area contributed by atoms with Gasteiger partial charge in [0.2, 0.25) is 0 Å². The monoisotopic (exact) mass is 482 g/mol. The first-order valence-corrected chi connectivity index (χ1v) is 10.6. The molecule has 1 amide bonds. The number of rotatable bonds is 5. The maximum absolute atomic E-state index is 13.2. The summed E-state index contributed by atoms with van der Waals surface area (Å²) in [6.45, 7) is 1.45. The van der Waals surface area contributed by atoms with Crippen LogP contribution < -0.4 is 4.74 Å². The summed E-state index contributed by atoms with van der Waals surface area (Å²) in [6.07, 6.45) is -1.60. The van der Waals surface area contributed by atoms with Crippen molar-refractivity contribution in [2.75, 3.05) is 7.11 Å². The number of halogens is 3. The van der Waals surface area contributed by atoms with Gasteiger partial charge in [0.1, 0.15) is 11.5 Å². The van der Waals surface area contributed by atoms with Crippen LogP contribution in [-0.2, 0) is 22.3 Å². The molecule has 35 heavy (non-hydrogen) atoms. The second kappa shape index (κ2) is 9.25. The number of benzene rings is 2. The molecule has 1 N–H and O–H groups in total. The zero-order valence-electron chi connectivity index (χ0n) is 18.8. The Kier molecular flexibility index (Phi) is 6.34.